The SMILES string of the molecule is CCC1CN(C(=O)c2sc(OC)nc2C)CCC(=O)N1Cc1ccccc1. The molecule has 2 aromatic rings. The van der Waals surface area contributed by atoms with Gasteiger partial charge in [0.25, 0.3) is 11.1 Å². The Labute approximate surface area is 163 Å². The Kier molecular flexibility index (Phi) is 6.11. The summed E-state index contributed by atoms with van der Waals surface area (Å²) in [4.78, 5) is 34.4. The lowest BCUT2D eigenvalue weighted by molar-refractivity contribution is -0.133. The van der Waals surface area contributed by atoms with E-state index in [4.69, 9.17) is 4.74 Å². The molecule has 1 unspecified atom stereocenters. The number of methoxy groups -OCH3 is 1. The van der Waals surface area contributed by atoms with Crippen LogP contribution in [0.3, 0.4) is 0 Å². The number of rotatable bonds is 5. The predicted molar refractivity (Wildman–Crippen MR) is 105 cm³/mol. The molecule has 0 radical (unpaired) electrons. The van der Waals surface area contributed by atoms with Crippen molar-refractivity contribution in [2.45, 2.75) is 39.3 Å². The highest BCUT2D eigenvalue weighted by molar-refractivity contribution is 7.15. The summed E-state index contributed by atoms with van der Waals surface area (Å²) in [5.41, 5.74) is 1.78. The van der Waals surface area contributed by atoms with Crippen LogP contribution in [-0.2, 0) is 11.3 Å². The molecule has 2 amide bonds. The number of carbonyl (C=O) groups excluding carboxylic acids is 2. The standard InChI is InChI=1S/C20H25N3O3S/c1-4-16-13-22(19(25)18-14(2)21-20(26-3)27-18)11-10-17(24)23(16)12-15-8-6-5-7-9-15/h5-9,16H,4,10-13H2,1-3H3. The maximum atomic E-state index is 13.0. The molecule has 6 nitrogen and oxygen atoms in total. The average molecular weight is 388 g/mol. The van der Waals surface area contributed by atoms with Gasteiger partial charge in [-0.25, -0.2) is 4.98 Å². The number of amides is 2. The van der Waals surface area contributed by atoms with Gasteiger partial charge in [0.05, 0.1) is 12.8 Å². The van der Waals surface area contributed by atoms with E-state index in [0.29, 0.717) is 41.8 Å². The first-order chi connectivity index (χ1) is 13.0. The van der Waals surface area contributed by atoms with E-state index < -0.39 is 0 Å². The van der Waals surface area contributed by atoms with Gasteiger partial charge in [-0.1, -0.05) is 48.6 Å². The minimum atomic E-state index is -0.0684. The summed E-state index contributed by atoms with van der Waals surface area (Å²) in [6.45, 7) is 5.42. The van der Waals surface area contributed by atoms with Crippen molar-refractivity contribution >= 4 is 23.2 Å². The molecular weight excluding hydrogens is 362 g/mol. The number of hydrogen-bond acceptors (Lipinski definition) is 5. The zero-order chi connectivity index (χ0) is 19.4. The van der Waals surface area contributed by atoms with Crippen LogP contribution in [0.15, 0.2) is 30.3 Å². The molecule has 144 valence electrons. The van der Waals surface area contributed by atoms with E-state index >= 15 is 0 Å². The highest BCUT2D eigenvalue weighted by Crippen LogP contribution is 2.27. The molecule has 0 spiro atoms. The fraction of sp³-hybridized carbons (Fsp3) is 0.450. The molecule has 1 fully saturated rings. The number of aryl methyl sites for hydroxylation is 1. The van der Waals surface area contributed by atoms with E-state index in [1.807, 2.05) is 42.2 Å². The van der Waals surface area contributed by atoms with Gasteiger partial charge in [0.2, 0.25) is 5.91 Å². The first-order valence-corrected chi connectivity index (χ1v) is 9.99. The Hall–Kier alpha value is -2.41. The molecule has 1 atom stereocenters. The number of aromatic nitrogens is 1. The third kappa shape index (κ3) is 4.30. The van der Waals surface area contributed by atoms with Crippen molar-refractivity contribution < 1.29 is 14.3 Å². The fourth-order valence-electron chi connectivity index (χ4n) is 3.35. The molecule has 1 aromatic carbocycles. The van der Waals surface area contributed by atoms with Gasteiger partial charge in [0.1, 0.15) is 4.88 Å². The van der Waals surface area contributed by atoms with Crippen LogP contribution in [0.5, 0.6) is 5.19 Å². The van der Waals surface area contributed by atoms with Crippen LogP contribution >= 0.6 is 11.3 Å². The van der Waals surface area contributed by atoms with Gasteiger partial charge in [0, 0.05) is 32.1 Å². The molecule has 0 saturated carbocycles. The fourth-order valence-corrected chi connectivity index (χ4v) is 4.20. The summed E-state index contributed by atoms with van der Waals surface area (Å²) in [7, 11) is 1.55. The number of thiazole rings is 1. The molecular formula is C20H25N3O3S. The Morgan fingerprint density at radius 2 is 2.07 bits per heavy atom. The number of hydrogen-bond donors (Lipinski definition) is 0. The second kappa shape index (κ2) is 8.52. The monoisotopic (exact) mass is 387 g/mol. The molecule has 3 rings (SSSR count). The van der Waals surface area contributed by atoms with Crippen molar-refractivity contribution in [3.05, 3.63) is 46.5 Å². The molecule has 1 aliphatic heterocycles. The van der Waals surface area contributed by atoms with E-state index in [1.165, 1.54) is 11.3 Å². The first kappa shape index (κ1) is 19.4. The molecule has 2 heterocycles. The van der Waals surface area contributed by atoms with Crippen molar-refractivity contribution in [2.75, 3.05) is 20.2 Å². The van der Waals surface area contributed by atoms with Crippen LogP contribution in [0.1, 0.15) is 40.7 Å². The lowest BCUT2D eigenvalue weighted by atomic mass is 10.1. The molecule has 1 aliphatic rings. The van der Waals surface area contributed by atoms with E-state index in [-0.39, 0.29) is 17.9 Å². The van der Waals surface area contributed by atoms with Gasteiger partial charge < -0.3 is 14.5 Å². The Bertz CT molecular complexity index is 806. The lowest BCUT2D eigenvalue weighted by Crippen LogP contribution is -2.43. The summed E-state index contributed by atoms with van der Waals surface area (Å²) in [6.07, 6.45) is 1.14. The molecule has 27 heavy (non-hydrogen) atoms. The summed E-state index contributed by atoms with van der Waals surface area (Å²) in [6, 6.07) is 9.99. The maximum absolute atomic E-state index is 13.0. The second-order valence-corrected chi connectivity index (χ2v) is 7.63. The van der Waals surface area contributed by atoms with E-state index in [0.717, 1.165) is 12.0 Å². The van der Waals surface area contributed by atoms with Gasteiger partial charge in [-0.15, -0.1) is 0 Å². The van der Waals surface area contributed by atoms with Crippen LogP contribution < -0.4 is 4.74 Å². The van der Waals surface area contributed by atoms with Gasteiger partial charge >= 0.3 is 0 Å². The van der Waals surface area contributed by atoms with Crippen molar-refractivity contribution in [3.63, 3.8) is 0 Å². The third-order valence-corrected chi connectivity index (χ3v) is 5.99. The minimum absolute atomic E-state index is 0.000667. The smallest absolute Gasteiger partial charge is 0.273 e. The molecule has 1 saturated heterocycles. The van der Waals surface area contributed by atoms with Crippen molar-refractivity contribution in [3.8, 4) is 5.19 Å². The molecule has 0 N–H and O–H groups in total. The van der Waals surface area contributed by atoms with E-state index in [9.17, 15) is 9.59 Å². The second-order valence-electron chi connectivity index (χ2n) is 6.67. The maximum Gasteiger partial charge on any atom is 0.273 e. The highest BCUT2D eigenvalue weighted by atomic mass is 32.1. The van der Waals surface area contributed by atoms with Crippen molar-refractivity contribution in [2.24, 2.45) is 0 Å². The first-order valence-electron chi connectivity index (χ1n) is 9.17. The highest BCUT2D eigenvalue weighted by Gasteiger charge is 2.32. The van der Waals surface area contributed by atoms with Gasteiger partial charge in [0.15, 0.2) is 0 Å². The Balaban J connectivity index is 1.79. The molecule has 7 heteroatoms. The van der Waals surface area contributed by atoms with Crippen LogP contribution in [0.2, 0.25) is 0 Å². The summed E-state index contributed by atoms with van der Waals surface area (Å²) in [5, 5.41) is 0.486. The van der Waals surface area contributed by atoms with Crippen LogP contribution in [0.25, 0.3) is 0 Å². The summed E-state index contributed by atoms with van der Waals surface area (Å²) in [5.74, 6) is 0.0284. The molecule has 1 aromatic heterocycles. The van der Waals surface area contributed by atoms with E-state index in [1.54, 1.807) is 12.0 Å². The largest absolute Gasteiger partial charge is 0.473 e. The predicted octanol–water partition coefficient (Wildman–Crippen LogP) is 3.11. The van der Waals surface area contributed by atoms with Crippen LogP contribution in [0.4, 0.5) is 0 Å². The number of benzene rings is 1. The van der Waals surface area contributed by atoms with E-state index in [2.05, 4.69) is 11.9 Å². The minimum Gasteiger partial charge on any atom is -0.473 e. The molecule has 0 bridgehead atoms. The third-order valence-electron chi connectivity index (χ3n) is 4.89. The van der Waals surface area contributed by atoms with Crippen LogP contribution in [-0.4, -0.2) is 52.8 Å². The lowest BCUT2D eigenvalue weighted by Gasteiger charge is -2.31. The zero-order valence-corrected chi connectivity index (χ0v) is 16.8. The summed E-state index contributed by atoms with van der Waals surface area (Å²) >= 11 is 1.26. The van der Waals surface area contributed by atoms with Gasteiger partial charge in [-0.3, -0.25) is 9.59 Å². The Morgan fingerprint density at radius 1 is 1.33 bits per heavy atom. The molecule has 0 aliphatic carbocycles. The topological polar surface area (TPSA) is 62.7 Å². The number of ether oxygens (including phenoxy) is 1. The number of nitrogens with zero attached hydrogens (tertiary/aromatic N) is 3. The average Bonchev–Trinajstić information content (AvgIpc) is 2.99. The quantitative estimate of drug-likeness (QED) is 0.791. The zero-order valence-electron chi connectivity index (χ0n) is 16.0. The van der Waals surface area contributed by atoms with Gasteiger partial charge in [-0.2, -0.15) is 0 Å². The van der Waals surface area contributed by atoms with Gasteiger partial charge in [-0.05, 0) is 18.9 Å². The normalized spacial score (nSPS) is 17.7. The van der Waals surface area contributed by atoms with Crippen molar-refractivity contribution in [1.82, 2.24) is 14.8 Å². The van der Waals surface area contributed by atoms with Crippen molar-refractivity contribution in [1.29, 1.82) is 0 Å². The number of carbonyl (C=O) groups is 2. The summed E-state index contributed by atoms with van der Waals surface area (Å²) < 4.78 is 5.15. The van der Waals surface area contributed by atoms with Crippen LogP contribution in [0, 0.1) is 6.92 Å². The Morgan fingerprint density at radius 3 is 2.70 bits per heavy atom.